The highest BCUT2D eigenvalue weighted by Crippen LogP contribution is 2.29. The topological polar surface area (TPSA) is 97.0 Å². The molecular formula is C20H25N3O5S. The van der Waals surface area contributed by atoms with E-state index < -0.39 is 10.0 Å². The van der Waals surface area contributed by atoms with Crippen molar-refractivity contribution in [1.82, 2.24) is 4.31 Å². The van der Waals surface area contributed by atoms with Gasteiger partial charge in [-0.2, -0.15) is 4.31 Å². The zero-order valence-electron chi connectivity index (χ0n) is 16.5. The second-order valence-corrected chi connectivity index (χ2v) is 8.54. The van der Waals surface area contributed by atoms with Crippen molar-refractivity contribution in [2.45, 2.75) is 17.7 Å². The van der Waals surface area contributed by atoms with Gasteiger partial charge in [-0.05, 0) is 49.2 Å². The smallest absolute Gasteiger partial charge is 0.243 e. The van der Waals surface area contributed by atoms with Crippen LogP contribution in [0.2, 0.25) is 0 Å². The molecule has 9 heteroatoms. The molecule has 29 heavy (non-hydrogen) atoms. The Hall–Kier alpha value is -2.78. The molecule has 1 fully saturated rings. The number of nitrogens with zero attached hydrogens (tertiary/aromatic N) is 1. The molecule has 2 N–H and O–H groups in total. The van der Waals surface area contributed by atoms with Crippen LogP contribution in [0.3, 0.4) is 0 Å². The number of anilines is 2. The van der Waals surface area contributed by atoms with Crippen LogP contribution in [0.25, 0.3) is 0 Å². The summed E-state index contributed by atoms with van der Waals surface area (Å²) in [5.74, 6) is 0.860. The van der Waals surface area contributed by atoms with Crippen molar-refractivity contribution >= 4 is 27.3 Å². The predicted octanol–water partition coefficient (Wildman–Crippen LogP) is 2.54. The van der Waals surface area contributed by atoms with Gasteiger partial charge in [0.15, 0.2) is 0 Å². The lowest BCUT2D eigenvalue weighted by molar-refractivity contribution is -0.114. The van der Waals surface area contributed by atoms with E-state index in [0.717, 1.165) is 12.8 Å². The van der Waals surface area contributed by atoms with Crippen LogP contribution in [0.1, 0.15) is 12.8 Å². The number of hydrogen-bond donors (Lipinski definition) is 2. The SMILES string of the molecule is COc1ccc(NC(=O)CNc2ccc(S(=O)(=O)N3CCCC3)cc2)c(OC)c1. The third-order valence-electron chi connectivity index (χ3n) is 4.69. The van der Waals surface area contributed by atoms with Gasteiger partial charge < -0.3 is 20.1 Å². The number of methoxy groups -OCH3 is 2. The van der Waals surface area contributed by atoms with Crippen molar-refractivity contribution in [3.8, 4) is 11.5 Å². The first-order valence-electron chi connectivity index (χ1n) is 9.30. The molecule has 0 unspecified atom stereocenters. The maximum Gasteiger partial charge on any atom is 0.243 e. The van der Waals surface area contributed by atoms with Gasteiger partial charge in [-0.1, -0.05) is 0 Å². The third kappa shape index (κ3) is 4.99. The number of carbonyl (C=O) groups is 1. The van der Waals surface area contributed by atoms with Gasteiger partial charge in [0.05, 0.1) is 31.3 Å². The van der Waals surface area contributed by atoms with E-state index in [0.29, 0.717) is 36.0 Å². The molecule has 156 valence electrons. The average Bonchev–Trinajstić information content (AvgIpc) is 3.29. The number of amides is 1. The molecule has 1 aliphatic heterocycles. The van der Waals surface area contributed by atoms with E-state index in [9.17, 15) is 13.2 Å². The van der Waals surface area contributed by atoms with Gasteiger partial charge in [-0.3, -0.25) is 4.79 Å². The van der Waals surface area contributed by atoms with E-state index in [1.54, 1.807) is 49.6 Å². The van der Waals surface area contributed by atoms with Gasteiger partial charge in [0.2, 0.25) is 15.9 Å². The van der Waals surface area contributed by atoms with E-state index in [4.69, 9.17) is 9.47 Å². The van der Waals surface area contributed by atoms with Crippen LogP contribution < -0.4 is 20.1 Å². The highest BCUT2D eigenvalue weighted by atomic mass is 32.2. The monoisotopic (exact) mass is 419 g/mol. The van der Waals surface area contributed by atoms with E-state index in [1.807, 2.05) is 0 Å². The highest BCUT2D eigenvalue weighted by Gasteiger charge is 2.26. The number of rotatable bonds is 8. The molecule has 0 aromatic heterocycles. The van der Waals surface area contributed by atoms with Crippen LogP contribution >= 0.6 is 0 Å². The number of nitrogens with one attached hydrogen (secondary N) is 2. The van der Waals surface area contributed by atoms with Gasteiger partial charge in [-0.15, -0.1) is 0 Å². The Balaban J connectivity index is 1.58. The molecule has 1 aliphatic rings. The molecule has 0 radical (unpaired) electrons. The lowest BCUT2D eigenvalue weighted by Crippen LogP contribution is -2.27. The minimum atomic E-state index is -3.44. The molecule has 0 atom stereocenters. The maximum absolute atomic E-state index is 12.5. The normalized spacial score (nSPS) is 14.4. The summed E-state index contributed by atoms with van der Waals surface area (Å²) >= 11 is 0. The first-order valence-corrected chi connectivity index (χ1v) is 10.7. The summed E-state index contributed by atoms with van der Waals surface area (Å²) in [4.78, 5) is 12.5. The molecule has 1 heterocycles. The Kier molecular flexibility index (Phi) is 6.60. The third-order valence-corrected chi connectivity index (χ3v) is 6.61. The average molecular weight is 420 g/mol. The van der Waals surface area contributed by atoms with Crippen LogP contribution in [0.5, 0.6) is 11.5 Å². The van der Waals surface area contributed by atoms with Crippen LogP contribution in [-0.4, -0.2) is 52.5 Å². The summed E-state index contributed by atoms with van der Waals surface area (Å²) < 4.78 is 37.0. The van der Waals surface area contributed by atoms with Gasteiger partial charge in [0.25, 0.3) is 0 Å². The number of benzene rings is 2. The first-order chi connectivity index (χ1) is 13.9. The number of hydrogen-bond acceptors (Lipinski definition) is 6. The molecule has 1 amide bonds. The van der Waals surface area contributed by atoms with Gasteiger partial charge >= 0.3 is 0 Å². The van der Waals surface area contributed by atoms with Gasteiger partial charge in [-0.25, -0.2) is 8.42 Å². The van der Waals surface area contributed by atoms with E-state index in [-0.39, 0.29) is 17.3 Å². The van der Waals surface area contributed by atoms with E-state index in [1.165, 1.54) is 11.4 Å². The molecule has 0 spiro atoms. The largest absolute Gasteiger partial charge is 0.497 e. The van der Waals surface area contributed by atoms with E-state index in [2.05, 4.69) is 10.6 Å². The van der Waals surface area contributed by atoms with Crippen molar-refractivity contribution < 1.29 is 22.7 Å². The molecule has 0 aliphatic carbocycles. The summed E-state index contributed by atoms with van der Waals surface area (Å²) in [6, 6.07) is 11.5. The summed E-state index contributed by atoms with van der Waals surface area (Å²) in [7, 11) is -0.370. The fraction of sp³-hybridized carbons (Fsp3) is 0.350. The maximum atomic E-state index is 12.5. The zero-order valence-corrected chi connectivity index (χ0v) is 17.3. The molecule has 2 aromatic rings. The molecule has 3 rings (SSSR count). The van der Waals surface area contributed by atoms with Crippen molar-refractivity contribution in [2.24, 2.45) is 0 Å². The van der Waals surface area contributed by atoms with Gasteiger partial charge in [0, 0.05) is 24.8 Å². The Morgan fingerprint density at radius 1 is 1.03 bits per heavy atom. The number of carbonyl (C=O) groups excluding carboxylic acids is 1. The fourth-order valence-electron chi connectivity index (χ4n) is 3.10. The van der Waals surface area contributed by atoms with Crippen molar-refractivity contribution in [2.75, 3.05) is 44.5 Å². The Labute approximate surface area is 170 Å². The van der Waals surface area contributed by atoms with E-state index >= 15 is 0 Å². The molecule has 1 saturated heterocycles. The van der Waals surface area contributed by atoms with Crippen LogP contribution in [0, 0.1) is 0 Å². The first kappa shape index (κ1) is 20.9. The lowest BCUT2D eigenvalue weighted by Gasteiger charge is -2.16. The second kappa shape index (κ2) is 9.15. The minimum Gasteiger partial charge on any atom is -0.497 e. The van der Waals surface area contributed by atoms with Crippen molar-refractivity contribution in [3.63, 3.8) is 0 Å². The van der Waals surface area contributed by atoms with Crippen molar-refractivity contribution in [1.29, 1.82) is 0 Å². The second-order valence-electron chi connectivity index (χ2n) is 6.60. The van der Waals surface area contributed by atoms with Crippen LogP contribution in [-0.2, 0) is 14.8 Å². The summed E-state index contributed by atoms with van der Waals surface area (Å²) in [5.41, 5.74) is 1.19. The van der Waals surface area contributed by atoms with Gasteiger partial charge in [0.1, 0.15) is 11.5 Å². The highest BCUT2D eigenvalue weighted by molar-refractivity contribution is 7.89. The molecule has 2 aromatic carbocycles. The zero-order chi connectivity index (χ0) is 20.9. The Morgan fingerprint density at radius 2 is 1.72 bits per heavy atom. The number of sulfonamides is 1. The molecule has 0 saturated carbocycles. The molecule has 8 nitrogen and oxygen atoms in total. The van der Waals surface area contributed by atoms with Crippen LogP contribution in [0.4, 0.5) is 11.4 Å². The summed E-state index contributed by atoms with van der Waals surface area (Å²) in [5, 5.41) is 5.76. The summed E-state index contributed by atoms with van der Waals surface area (Å²) in [6.07, 6.45) is 1.79. The quantitative estimate of drug-likeness (QED) is 0.683. The van der Waals surface area contributed by atoms with Crippen LogP contribution in [0.15, 0.2) is 47.4 Å². The molecular weight excluding hydrogens is 394 g/mol. The fourth-order valence-corrected chi connectivity index (χ4v) is 4.62. The number of ether oxygens (including phenoxy) is 2. The minimum absolute atomic E-state index is 0.0212. The Morgan fingerprint density at radius 3 is 2.34 bits per heavy atom. The molecule has 0 bridgehead atoms. The lowest BCUT2D eigenvalue weighted by atomic mass is 10.2. The predicted molar refractivity (Wildman–Crippen MR) is 111 cm³/mol. The Bertz CT molecular complexity index is 955. The summed E-state index contributed by atoms with van der Waals surface area (Å²) in [6.45, 7) is 1.15. The van der Waals surface area contributed by atoms with Crippen molar-refractivity contribution in [3.05, 3.63) is 42.5 Å². The standard InChI is InChI=1S/C20H25N3O5S/c1-27-16-7-10-18(19(13-16)28-2)22-20(24)14-21-15-5-8-17(9-6-15)29(25,26)23-11-3-4-12-23/h5-10,13,21H,3-4,11-12,14H2,1-2H3,(H,22,24).